The average Bonchev–Trinajstić information content (AvgIpc) is 2.75. The number of benzene rings is 1. The molecule has 0 aliphatic rings. The van der Waals surface area contributed by atoms with Crippen molar-refractivity contribution in [3.63, 3.8) is 0 Å². The zero-order valence-electron chi connectivity index (χ0n) is 17.7. The van der Waals surface area contributed by atoms with Crippen LogP contribution in [-0.4, -0.2) is 39.5 Å². The van der Waals surface area contributed by atoms with Gasteiger partial charge in [0.1, 0.15) is 11.2 Å². The van der Waals surface area contributed by atoms with Crippen LogP contribution in [0.25, 0.3) is 11.0 Å². The van der Waals surface area contributed by atoms with Gasteiger partial charge in [-0.15, -0.1) is 0 Å². The molecule has 0 bridgehead atoms. The first-order valence-electron chi connectivity index (χ1n) is 9.83. The molecule has 8 nitrogen and oxygen atoms in total. The Morgan fingerprint density at radius 2 is 1.97 bits per heavy atom. The molecule has 170 valence electrons. The van der Waals surface area contributed by atoms with Crippen LogP contribution >= 0.6 is 23.2 Å². The van der Waals surface area contributed by atoms with Gasteiger partial charge in [-0.3, -0.25) is 4.79 Å². The smallest absolute Gasteiger partial charge is 0.341 e. The number of nitrogens with zero attached hydrogens (tertiary/aromatic N) is 2. The predicted octanol–water partition coefficient (Wildman–Crippen LogP) is 4.21. The van der Waals surface area contributed by atoms with Gasteiger partial charge in [-0.2, -0.15) is 4.98 Å². The lowest BCUT2D eigenvalue weighted by Crippen LogP contribution is -2.26. The van der Waals surface area contributed by atoms with Crippen LogP contribution < -0.4 is 15.5 Å². The van der Waals surface area contributed by atoms with Crippen LogP contribution in [0.1, 0.15) is 35.8 Å². The zero-order chi connectivity index (χ0) is 23.6. The SMILES string of the molecule is COc1nc2c(cc1NCc1ccc(Cl)c(Cl)c1)c(=O)c(C(=O)O)cn2[C@H](CO)C(C)C. The molecule has 2 aromatic heterocycles. The lowest BCUT2D eigenvalue weighted by Gasteiger charge is -2.24. The van der Waals surface area contributed by atoms with Crippen LogP contribution in [0.15, 0.2) is 35.3 Å². The van der Waals surface area contributed by atoms with Gasteiger partial charge in [0.05, 0.1) is 40.9 Å². The second kappa shape index (κ2) is 9.77. The molecule has 3 N–H and O–H groups in total. The molecule has 0 spiro atoms. The van der Waals surface area contributed by atoms with E-state index in [4.69, 9.17) is 27.9 Å². The number of carboxylic acid groups (broad SMARTS) is 1. The Hall–Kier alpha value is -2.81. The van der Waals surface area contributed by atoms with Crippen LogP contribution in [0.5, 0.6) is 5.88 Å². The first-order valence-corrected chi connectivity index (χ1v) is 10.6. The summed E-state index contributed by atoms with van der Waals surface area (Å²) in [5.74, 6) is -1.19. The number of hydrogen-bond acceptors (Lipinski definition) is 6. The number of aliphatic hydroxyl groups excluding tert-OH is 1. The van der Waals surface area contributed by atoms with Crippen molar-refractivity contribution in [3.05, 3.63) is 61.9 Å². The lowest BCUT2D eigenvalue weighted by molar-refractivity contribution is 0.0694. The maximum absolute atomic E-state index is 12.9. The molecular formula is C22H23Cl2N3O5. The molecule has 10 heteroatoms. The summed E-state index contributed by atoms with van der Waals surface area (Å²) in [6.45, 7) is 3.85. The summed E-state index contributed by atoms with van der Waals surface area (Å²) in [6.07, 6.45) is 1.23. The van der Waals surface area contributed by atoms with Crippen molar-refractivity contribution in [2.24, 2.45) is 5.92 Å². The van der Waals surface area contributed by atoms with E-state index in [1.54, 1.807) is 18.2 Å². The maximum atomic E-state index is 12.9. The third-order valence-electron chi connectivity index (χ3n) is 5.17. The zero-order valence-corrected chi connectivity index (χ0v) is 19.2. The van der Waals surface area contributed by atoms with Crippen molar-refractivity contribution in [2.45, 2.75) is 26.4 Å². The number of nitrogens with one attached hydrogen (secondary N) is 1. The minimum Gasteiger partial charge on any atom is -0.479 e. The van der Waals surface area contributed by atoms with Crippen molar-refractivity contribution in [2.75, 3.05) is 19.0 Å². The number of ether oxygens (including phenoxy) is 1. The van der Waals surface area contributed by atoms with Crippen molar-refractivity contribution in [1.29, 1.82) is 0 Å². The van der Waals surface area contributed by atoms with Crippen LogP contribution in [0.3, 0.4) is 0 Å². The van der Waals surface area contributed by atoms with Gasteiger partial charge in [-0.25, -0.2) is 4.79 Å². The molecule has 1 aromatic carbocycles. The van der Waals surface area contributed by atoms with E-state index in [1.165, 1.54) is 23.9 Å². The molecule has 0 fully saturated rings. The van der Waals surface area contributed by atoms with E-state index < -0.39 is 23.0 Å². The molecule has 0 saturated carbocycles. The number of aromatic nitrogens is 2. The summed E-state index contributed by atoms with van der Waals surface area (Å²) in [6, 6.07) is 6.21. The highest BCUT2D eigenvalue weighted by molar-refractivity contribution is 6.42. The minimum atomic E-state index is -1.35. The molecule has 1 atom stereocenters. The first-order chi connectivity index (χ1) is 15.2. The summed E-state index contributed by atoms with van der Waals surface area (Å²) in [7, 11) is 1.44. The summed E-state index contributed by atoms with van der Waals surface area (Å²) < 4.78 is 6.94. The number of anilines is 1. The largest absolute Gasteiger partial charge is 0.479 e. The Bertz CT molecular complexity index is 1230. The number of halogens is 2. The Morgan fingerprint density at radius 1 is 1.25 bits per heavy atom. The number of carboxylic acids is 1. The maximum Gasteiger partial charge on any atom is 0.341 e. The second-order valence-electron chi connectivity index (χ2n) is 7.60. The summed E-state index contributed by atoms with van der Waals surface area (Å²) in [5, 5.41) is 23.5. The van der Waals surface area contributed by atoms with Gasteiger partial charge >= 0.3 is 5.97 Å². The number of carbonyl (C=O) groups is 1. The number of aliphatic hydroxyl groups is 1. The van der Waals surface area contributed by atoms with Gasteiger partial charge in [0.15, 0.2) is 0 Å². The highest BCUT2D eigenvalue weighted by Gasteiger charge is 2.23. The van der Waals surface area contributed by atoms with Crippen molar-refractivity contribution in [3.8, 4) is 5.88 Å². The first kappa shape index (κ1) is 23.8. The van der Waals surface area contributed by atoms with Gasteiger partial charge in [0.2, 0.25) is 11.3 Å². The molecule has 0 aliphatic heterocycles. The normalized spacial score (nSPS) is 12.2. The standard InChI is InChI=1S/C22H23Cl2N3O5/c1-11(2)18(10-28)27-9-14(22(30)31)19(29)13-7-17(21(32-3)26-20(13)27)25-8-12-4-5-15(23)16(24)6-12/h4-7,9,11,18,25,28H,8,10H2,1-3H3,(H,30,31)/t18-/m1/s1. The van der Waals surface area contributed by atoms with Gasteiger partial charge in [-0.1, -0.05) is 43.1 Å². The fourth-order valence-electron chi connectivity index (χ4n) is 3.41. The topological polar surface area (TPSA) is 114 Å². The molecule has 0 radical (unpaired) electrons. The molecule has 3 rings (SSSR count). The molecule has 0 saturated heterocycles. The van der Waals surface area contributed by atoms with E-state index in [0.717, 1.165) is 5.56 Å². The van der Waals surface area contributed by atoms with Crippen molar-refractivity contribution >= 4 is 45.9 Å². The summed E-state index contributed by atoms with van der Waals surface area (Å²) >= 11 is 12.0. The quantitative estimate of drug-likeness (QED) is 0.443. The van der Waals surface area contributed by atoms with E-state index in [-0.39, 0.29) is 29.4 Å². The molecule has 0 aliphatic carbocycles. The van der Waals surface area contributed by atoms with Gasteiger partial charge in [0, 0.05) is 12.7 Å². The van der Waals surface area contributed by atoms with Crippen LogP contribution in [0, 0.1) is 5.92 Å². The monoisotopic (exact) mass is 479 g/mol. The number of rotatable bonds is 8. The van der Waals surface area contributed by atoms with E-state index in [2.05, 4.69) is 10.3 Å². The number of fused-ring (bicyclic) bond motifs is 1. The van der Waals surface area contributed by atoms with Gasteiger partial charge in [-0.05, 0) is 29.7 Å². The summed E-state index contributed by atoms with van der Waals surface area (Å²) in [5.41, 5.74) is 0.390. The average molecular weight is 480 g/mol. The Kier molecular flexibility index (Phi) is 7.28. The molecule has 2 heterocycles. The molecule has 0 unspecified atom stereocenters. The van der Waals surface area contributed by atoms with Crippen LogP contribution in [0.2, 0.25) is 10.0 Å². The molecule has 0 amide bonds. The van der Waals surface area contributed by atoms with E-state index in [0.29, 0.717) is 22.3 Å². The van der Waals surface area contributed by atoms with Crippen LogP contribution in [-0.2, 0) is 6.54 Å². The Morgan fingerprint density at radius 3 is 2.53 bits per heavy atom. The van der Waals surface area contributed by atoms with E-state index >= 15 is 0 Å². The molecular weight excluding hydrogens is 457 g/mol. The second-order valence-corrected chi connectivity index (χ2v) is 8.41. The summed E-state index contributed by atoms with van der Waals surface area (Å²) in [4.78, 5) is 29.1. The van der Waals surface area contributed by atoms with E-state index in [9.17, 15) is 19.8 Å². The number of methoxy groups -OCH3 is 1. The third kappa shape index (κ3) is 4.67. The van der Waals surface area contributed by atoms with E-state index in [1.807, 2.05) is 13.8 Å². The predicted molar refractivity (Wildman–Crippen MR) is 124 cm³/mol. The lowest BCUT2D eigenvalue weighted by atomic mass is 10.0. The Labute approximate surface area is 194 Å². The fourth-order valence-corrected chi connectivity index (χ4v) is 3.73. The highest BCUT2D eigenvalue weighted by atomic mass is 35.5. The Balaban J connectivity index is 2.16. The number of hydrogen-bond donors (Lipinski definition) is 3. The van der Waals surface area contributed by atoms with Gasteiger partial charge < -0.3 is 24.8 Å². The molecule has 3 aromatic rings. The minimum absolute atomic E-state index is 0.0485. The van der Waals surface area contributed by atoms with Crippen molar-refractivity contribution < 1.29 is 19.7 Å². The molecule has 32 heavy (non-hydrogen) atoms. The number of pyridine rings is 2. The van der Waals surface area contributed by atoms with Crippen molar-refractivity contribution in [1.82, 2.24) is 9.55 Å². The number of aromatic carboxylic acids is 1. The fraction of sp³-hybridized carbons (Fsp3) is 0.318. The third-order valence-corrected chi connectivity index (χ3v) is 5.91. The van der Waals surface area contributed by atoms with Gasteiger partial charge in [0.25, 0.3) is 0 Å². The highest BCUT2D eigenvalue weighted by Crippen LogP contribution is 2.30. The van der Waals surface area contributed by atoms with Crippen LogP contribution in [0.4, 0.5) is 5.69 Å².